The summed E-state index contributed by atoms with van der Waals surface area (Å²) in [6, 6.07) is 5.97. The summed E-state index contributed by atoms with van der Waals surface area (Å²) in [6.45, 7) is 6.29. The summed E-state index contributed by atoms with van der Waals surface area (Å²) in [6.07, 6.45) is 1.58. The van der Waals surface area contributed by atoms with E-state index in [2.05, 4.69) is 0 Å². The second-order valence-corrected chi connectivity index (χ2v) is 4.87. The molecule has 1 aromatic rings. The minimum absolute atomic E-state index is 0.246. The van der Waals surface area contributed by atoms with E-state index in [0.717, 1.165) is 6.42 Å². The van der Waals surface area contributed by atoms with Crippen LogP contribution in [0.2, 0.25) is 0 Å². The average Bonchev–Trinajstić information content (AvgIpc) is 2.44. The molecule has 1 atom stereocenters. The van der Waals surface area contributed by atoms with Crippen LogP contribution in [0.25, 0.3) is 0 Å². The first-order chi connectivity index (χ1) is 10.0. The van der Waals surface area contributed by atoms with Crippen molar-refractivity contribution in [1.82, 2.24) is 4.90 Å². The number of benzene rings is 1. The molecule has 1 unspecified atom stereocenters. The third-order valence-corrected chi connectivity index (χ3v) is 3.06. The van der Waals surface area contributed by atoms with Crippen molar-refractivity contribution in [2.45, 2.75) is 39.7 Å². The molecule has 0 fully saturated rings. The van der Waals surface area contributed by atoms with Gasteiger partial charge in [-0.1, -0.05) is 26.0 Å². The van der Waals surface area contributed by atoms with Crippen molar-refractivity contribution in [3.63, 3.8) is 0 Å². The van der Waals surface area contributed by atoms with Gasteiger partial charge in [-0.2, -0.15) is 0 Å². The maximum absolute atomic E-state index is 11.7. The molecule has 0 aliphatic carbocycles. The number of hydrogen-bond donors (Lipinski definition) is 1. The van der Waals surface area contributed by atoms with Crippen molar-refractivity contribution in [2.24, 2.45) is 0 Å². The minimum Gasteiger partial charge on any atom is -0.494 e. The van der Waals surface area contributed by atoms with Crippen molar-refractivity contribution in [2.75, 3.05) is 13.2 Å². The zero-order valence-corrected chi connectivity index (χ0v) is 12.8. The first-order valence-electron chi connectivity index (χ1n) is 7.24. The van der Waals surface area contributed by atoms with Gasteiger partial charge in [0.15, 0.2) is 6.04 Å². The van der Waals surface area contributed by atoms with Crippen LogP contribution >= 0.6 is 0 Å². The van der Waals surface area contributed by atoms with Gasteiger partial charge >= 0.3 is 5.97 Å². The molecule has 0 heterocycles. The molecule has 1 amide bonds. The van der Waals surface area contributed by atoms with Gasteiger partial charge in [-0.05, 0) is 30.5 Å². The highest BCUT2D eigenvalue weighted by Gasteiger charge is 2.29. The third-order valence-electron chi connectivity index (χ3n) is 3.06. The predicted octanol–water partition coefficient (Wildman–Crippen LogP) is 2.86. The quantitative estimate of drug-likeness (QED) is 0.800. The van der Waals surface area contributed by atoms with E-state index in [1.54, 1.807) is 24.3 Å². The molecule has 5 nitrogen and oxygen atoms in total. The van der Waals surface area contributed by atoms with Crippen molar-refractivity contribution in [3.8, 4) is 5.75 Å². The maximum Gasteiger partial charge on any atom is 0.331 e. The summed E-state index contributed by atoms with van der Waals surface area (Å²) >= 11 is 0. The number of hydrogen-bond acceptors (Lipinski definition) is 3. The Hall–Kier alpha value is -2.04. The number of carbonyl (C=O) groups excluding carboxylic acids is 1. The SMILES string of the molecule is CCCOc1cccc(C(C(=O)O)N(CCC)C(C)=O)c1. The standard InChI is InChI=1S/C16H23NO4/c1-4-9-17(12(3)18)15(16(19)20)13-7-6-8-14(11-13)21-10-5-2/h6-8,11,15H,4-5,9-10H2,1-3H3,(H,19,20). The molecule has 0 aliphatic heterocycles. The fourth-order valence-electron chi connectivity index (χ4n) is 2.16. The fraction of sp³-hybridized carbons (Fsp3) is 0.500. The Morgan fingerprint density at radius 2 is 2.00 bits per heavy atom. The van der Waals surface area contributed by atoms with Gasteiger partial charge in [-0.15, -0.1) is 0 Å². The van der Waals surface area contributed by atoms with Crippen LogP contribution in [0.5, 0.6) is 5.75 Å². The minimum atomic E-state index is -1.04. The molecule has 0 saturated heterocycles. The largest absolute Gasteiger partial charge is 0.494 e. The molecule has 0 saturated carbocycles. The number of carbonyl (C=O) groups is 2. The van der Waals surface area contributed by atoms with E-state index < -0.39 is 12.0 Å². The molecular formula is C16H23NO4. The summed E-state index contributed by atoms with van der Waals surface area (Å²) < 4.78 is 5.53. The van der Waals surface area contributed by atoms with E-state index in [4.69, 9.17) is 4.74 Å². The summed E-state index contributed by atoms with van der Waals surface area (Å²) in [5, 5.41) is 9.50. The number of carboxylic acid groups (broad SMARTS) is 1. The Morgan fingerprint density at radius 1 is 1.29 bits per heavy atom. The van der Waals surface area contributed by atoms with Crippen molar-refractivity contribution in [3.05, 3.63) is 29.8 Å². The first-order valence-corrected chi connectivity index (χ1v) is 7.24. The molecule has 1 N–H and O–H groups in total. The molecule has 0 spiro atoms. The smallest absolute Gasteiger partial charge is 0.331 e. The van der Waals surface area contributed by atoms with Gasteiger partial charge in [0.2, 0.25) is 5.91 Å². The van der Waals surface area contributed by atoms with Gasteiger partial charge in [0, 0.05) is 13.5 Å². The Kier molecular flexibility index (Phi) is 6.72. The second-order valence-electron chi connectivity index (χ2n) is 4.87. The van der Waals surface area contributed by atoms with Crippen LogP contribution < -0.4 is 4.74 Å². The van der Waals surface area contributed by atoms with Gasteiger partial charge in [-0.25, -0.2) is 4.79 Å². The number of ether oxygens (including phenoxy) is 1. The lowest BCUT2D eigenvalue weighted by Crippen LogP contribution is -2.38. The lowest BCUT2D eigenvalue weighted by molar-refractivity contribution is -0.149. The van der Waals surface area contributed by atoms with Crippen LogP contribution in [0.3, 0.4) is 0 Å². The number of rotatable bonds is 8. The molecule has 5 heteroatoms. The van der Waals surface area contributed by atoms with Crippen LogP contribution in [0.1, 0.15) is 45.2 Å². The lowest BCUT2D eigenvalue weighted by atomic mass is 10.0. The number of nitrogens with zero attached hydrogens (tertiary/aromatic N) is 1. The first kappa shape index (κ1) is 17.0. The topological polar surface area (TPSA) is 66.8 Å². The molecule has 1 aromatic carbocycles. The number of aliphatic carboxylic acids is 1. The normalized spacial score (nSPS) is 11.8. The maximum atomic E-state index is 11.7. The van der Waals surface area contributed by atoms with E-state index in [-0.39, 0.29) is 5.91 Å². The molecule has 0 aliphatic rings. The third kappa shape index (κ3) is 4.77. The summed E-state index contributed by atoms with van der Waals surface area (Å²) in [5.74, 6) is -0.656. The van der Waals surface area contributed by atoms with E-state index in [1.807, 2.05) is 13.8 Å². The zero-order valence-electron chi connectivity index (χ0n) is 12.8. The summed E-state index contributed by atoms with van der Waals surface area (Å²) in [5.41, 5.74) is 0.555. The van der Waals surface area contributed by atoms with Crippen LogP contribution in [-0.4, -0.2) is 35.0 Å². The monoisotopic (exact) mass is 293 g/mol. The predicted molar refractivity (Wildman–Crippen MR) is 80.3 cm³/mol. The van der Waals surface area contributed by atoms with Gasteiger partial charge < -0.3 is 14.7 Å². The Labute approximate surface area is 125 Å². The molecular weight excluding hydrogens is 270 g/mol. The summed E-state index contributed by atoms with van der Waals surface area (Å²) in [4.78, 5) is 24.7. The van der Waals surface area contributed by atoms with Gasteiger partial charge in [0.05, 0.1) is 6.61 Å². The highest BCUT2D eigenvalue weighted by atomic mass is 16.5. The van der Waals surface area contributed by atoms with Crippen LogP contribution in [-0.2, 0) is 9.59 Å². The Bertz CT molecular complexity index is 487. The van der Waals surface area contributed by atoms with Crippen molar-refractivity contribution in [1.29, 1.82) is 0 Å². The number of carboxylic acids is 1. The Balaban J connectivity index is 3.09. The number of amides is 1. The Morgan fingerprint density at radius 3 is 2.52 bits per heavy atom. The van der Waals surface area contributed by atoms with Gasteiger partial charge in [0.1, 0.15) is 5.75 Å². The lowest BCUT2D eigenvalue weighted by Gasteiger charge is -2.28. The fourth-order valence-corrected chi connectivity index (χ4v) is 2.16. The van der Waals surface area contributed by atoms with E-state index in [0.29, 0.717) is 30.9 Å². The average molecular weight is 293 g/mol. The van der Waals surface area contributed by atoms with Crippen LogP contribution in [0.4, 0.5) is 0 Å². The summed E-state index contributed by atoms with van der Waals surface area (Å²) in [7, 11) is 0. The molecule has 0 radical (unpaired) electrons. The highest BCUT2D eigenvalue weighted by Crippen LogP contribution is 2.25. The van der Waals surface area contributed by atoms with Crippen molar-refractivity contribution >= 4 is 11.9 Å². The molecule has 116 valence electrons. The molecule has 21 heavy (non-hydrogen) atoms. The van der Waals surface area contributed by atoms with E-state index in [1.165, 1.54) is 11.8 Å². The van der Waals surface area contributed by atoms with Gasteiger partial charge in [-0.3, -0.25) is 4.79 Å². The molecule has 0 aromatic heterocycles. The van der Waals surface area contributed by atoms with Crippen LogP contribution in [0, 0.1) is 0 Å². The molecule has 1 rings (SSSR count). The van der Waals surface area contributed by atoms with E-state index in [9.17, 15) is 14.7 Å². The second kappa shape index (κ2) is 8.29. The van der Waals surface area contributed by atoms with Crippen molar-refractivity contribution < 1.29 is 19.4 Å². The van der Waals surface area contributed by atoms with E-state index >= 15 is 0 Å². The van der Waals surface area contributed by atoms with Crippen LogP contribution in [0.15, 0.2) is 24.3 Å². The molecule has 0 bridgehead atoms. The highest BCUT2D eigenvalue weighted by molar-refractivity contribution is 5.83. The van der Waals surface area contributed by atoms with Gasteiger partial charge in [0.25, 0.3) is 0 Å². The zero-order chi connectivity index (χ0) is 15.8.